The van der Waals surface area contributed by atoms with Crippen LogP contribution in [0.4, 0.5) is 0 Å². The summed E-state index contributed by atoms with van der Waals surface area (Å²) in [5.74, 6) is 0.137. The maximum Gasteiger partial charge on any atom is 0.373 e. The largest absolute Gasteiger partial charge is 0.437 e. The topological polar surface area (TPSA) is 99.5 Å². The Bertz CT molecular complexity index is 659. The minimum Gasteiger partial charge on any atom is -0.437 e. The van der Waals surface area contributed by atoms with Gasteiger partial charge in [0.15, 0.2) is 5.03 Å². The zero-order chi connectivity index (χ0) is 17.3. The third-order valence-electron chi connectivity index (χ3n) is 4.94. The van der Waals surface area contributed by atoms with Crippen LogP contribution in [0.3, 0.4) is 0 Å². The first kappa shape index (κ1) is 17.9. The molecular formula is C14H26BN5O3S. The van der Waals surface area contributed by atoms with Crippen LogP contribution < -0.4 is 10.5 Å². The highest BCUT2D eigenvalue weighted by Gasteiger charge is 2.43. The smallest absolute Gasteiger partial charge is 0.373 e. The molecule has 1 aromatic heterocycles. The van der Waals surface area contributed by atoms with Crippen molar-refractivity contribution in [2.45, 2.75) is 43.2 Å². The number of rotatable bonds is 5. The van der Waals surface area contributed by atoms with Crippen molar-refractivity contribution in [1.82, 2.24) is 24.4 Å². The van der Waals surface area contributed by atoms with Crippen LogP contribution in [0.1, 0.15) is 19.3 Å². The van der Waals surface area contributed by atoms with E-state index in [0.717, 1.165) is 25.8 Å². The van der Waals surface area contributed by atoms with Crippen molar-refractivity contribution in [3.8, 4) is 0 Å². The molecule has 10 heteroatoms. The molecule has 134 valence electrons. The molecule has 0 amide bonds. The summed E-state index contributed by atoms with van der Waals surface area (Å²) in [7, 11) is -2.52. The third-order valence-corrected chi connectivity index (χ3v) is 6.65. The summed E-state index contributed by atoms with van der Waals surface area (Å²) in [6.07, 6.45) is 6.38. The number of hydrogen-bond donors (Lipinski definition) is 3. The van der Waals surface area contributed by atoms with E-state index in [1.165, 1.54) is 16.8 Å². The predicted octanol–water partition coefficient (Wildman–Crippen LogP) is -0.749. The summed E-state index contributed by atoms with van der Waals surface area (Å²) in [5, 5.41) is 16.5. The maximum absolute atomic E-state index is 12.8. The minimum atomic E-state index is -3.61. The monoisotopic (exact) mass is 355 g/mol. The fourth-order valence-corrected chi connectivity index (χ4v) is 5.25. The van der Waals surface area contributed by atoms with Crippen LogP contribution in [0.15, 0.2) is 17.6 Å². The summed E-state index contributed by atoms with van der Waals surface area (Å²) in [5.41, 5.74) is 0. The van der Waals surface area contributed by atoms with Crippen LogP contribution in [0, 0.1) is 5.92 Å². The average Bonchev–Trinajstić information content (AvgIpc) is 3.15. The average molecular weight is 355 g/mol. The maximum atomic E-state index is 12.8. The van der Waals surface area contributed by atoms with Gasteiger partial charge in [0.05, 0.1) is 6.33 Å². The highest BCUT2D eigenvalue weighted by molar-refractivity contribution is 7.89. The van der Waals surface area contributed by atoms with Gasteiger partial charge in [0, 0.05) is 44.3 Å². The van der Waals surface area contributed by atoms with E-state index in [-0.39, 0.29) is 23.0 Å². The van der Waals surface area contributed by atoms with Gasteiger partial charge in [-0.1, -0.05) is 6.42 Å². The Kier molecular flexibility index (Phi) is 5.31. The second kappa shape index (κ2) is 7.13. The van der Waals surface area contributed by atoms with Crippen LogP contribution >= 0.6 is 0 Å². The predicted molar refractivity (Wildman–Crippen MR) is 91.9 cm³/mol. The molecule has 0 saturated carbocycles. The summed E-state index contributed by atoms with van der Waals surface area (Å²) in [4.78, 5) is 4.00. The molecule has 3 rings (SSSR count). The zero-order valence-corrected chi connectivity index (χ0v) is 15.0. The van der Waals surface area contributed by atoms with E-state index < -0.39 is 17.1 Å². The molecule has 3 N–H and O–H groups in total. The highest BCUT2D eigenvalue weighted by atomic mass is 32.2. The zero-order valence-electron chi connectivity index (χ0n) is 14.2. The SMILES string of the molecule is CB(O)N[C@H]1CN(S(=O)(=O)c2cn(C)cn2)C[C@@H]1C1CCCCN1. The van der Waals surface area contributed by atoms with Gasteiger partial charge in [0.25, 0.3) is 10.0 Å². The number of hydrogen-bond acceptors (Lipinski definition) is 6. The van der Waals surface area contributed by atoms with E-state index in [9.17, 15) is 13.4 Å². The number of piperidine rings is 1. The molecule has 0 radical (unpaired) electrons. The standard InChI is InChI=1S/C14H26BN5O3S/c1-15(21)18-13-8-20(7-11(13)12-5-3-4-6-16-12)24(22,23)14-9-19(2)10-17-14/h9-13,16,18,21H,3-8H2,1-2H3/t11-,12?,13+/m1/s1. The number of nitrogens with zero attached hydrogens (tertiary/aromatic N) is 3. The fraction of sp³-hybridized carbons (Fsp3) is 0.786. The number of nitrogens with one attached hydrogen (secondary N) is 2. The van der Waals surface area contributed by atoms with E-state index in [0.29, 0.717) is 13.1 Å². The lowest BCUT2D eigenvalue weighted by atomic mass is 9.82. The Hall–Kier alpha value is -0.935. The Labute approximate surface area is 143 Å². The van der Waals surface area contributed by atoms with E-state index in [1.807, 2.05) is 0 Å². The van der Waals surface area contributed by atoms with Gasteiger partial charge in [-0.15, -0.1) is 0 Å². The number of aryl methyl sites for hydroxylation is 1. The van der Waals surface area contributed by atoms with Crippen molar-refractivity contribution >= 4 is 17.1 Å². The van der Waals surface area contributed by atoms with Gasteiger partial charge in [-0.3, -0.25) is 0 Å². The molecule has 2 aliphatic heterocycles. The van der Waals surface area contributed by atoms with Gasteiger partial charge in [0.1, 0.15) is 0 Å². The minimum absolute atomic E-state index is 0.0703. The van der Waals surface area contributed by atoms with Crippen LogP contribution in [-0.2, 0) is 17.1 Å². The van der Waals surface area contributed by atoms with Gasteiger partial charge in [0.2, 0.25) is 0 Å². The lowest BCUT2D eigenvalue weighted by molar-refractivity contribution is 0.278. The summed E-state index contributed by atoms with van der Waals surface area (Å²) < 4.78 is 28.8. The van der Waals surface area contributed by atoms with E-state index in [2.05, 4.69) is 15.5 Å². The number of sulfonamides is 1. The number of aromatic nitrogens is 2. The van der Waals surface area contributed by atoms with Crippen molar-refractivity contribution in [3.63, 3.8) is 0 Å². The van der Waals surface area contributed by atoms with Gasteiger partial charge in [-0.05, 0) is 26.2 Å². The van der Waals surface area contributed by atoms with Crippen molar-refractivity contribution in [1.29, 1.82) is 0 Å². The van der Waals surface area contributed by atoms with Gasteiger partial charge in [-0.25, -0.2) is 13.4 Å². The summed E-state index contributed by atoms with van der Waals surface area (Å²) in [6.45, 7) is 3.43. The lowest BCUT2D eigenvalue weighted by Crippen LogP contribution is -2.51. The van der Waals surface area contributed by atoms with Crippen LogP contribution in [0.5, 0.6) is 0 Å². The molecule has 0 aromatic carbocycles. The molecule has 3 heterocycles. The number of imidazole rings is 1. The second-order valence-corrected chi connectivity index (χ2v) is 8.75. The quantitative estimate of drug-likeness (QED) is 0.601. The molecule has 0 spiro atoms. The first-order valence-electron chi connectivity index (χ1n) is 8.53. The lowest BCUT2D eigenvalue weighted by Gasteiger charge is -2.32. The first-order valence-corrected chi connectivity index (χ1v) is 9.97. The van der Waals surface area contributed by atoms with Gasteiger partial charge >= 0.3 is 7.05 Å². The Morgan fingerprint density at radius 1 is 1.42 bits per heavy atom. The normalized spacial score (nSPS) is 29.0. The highest BCUT2D eigenvalue weighted by Crippen LogP contribution is 2.29. The molecular weight excluding hydrogens is 329 g/mol. The molecule has 1 aromatic rings. The molecule has 2 aliphatic rings. The van der Waals surface area contributed by atoms with E-state index >= 15 is 0 Å². The molecule has 24 heavy (non-hydrogen) atoms. The second-order valence-electron chi connectivity index (χ2n) is 6.87. The Morgan fingerprint density at radius 2 is 2.21 bits per heavy atom. The van der Waals surface area contributed by atoms with Crippen molar-refractivity contribution in [2.24, 2.45) is 13.0 Å². The van der Waals surface area contributed by atoms with Crippen molar-refractivity contribution in [3.05, 3.63) is 12.5 Å². The third kappa shape index (κ3) is 3.67. The van der Waals surface area contributed by atoms with E-state index in [1.54, 1.807) is 18.4 Å². The first-order chi connectivity index (χ1) is 11.4. The van der Waals surface area contributed by atoms with Gasteiger partial charge < -0.3 is 20.1 Å². The molecule has 0 aliphatic carbocycles. The van der Waals surface area contributed by atoms with Gasteiger partial charge in [-0.2, -0.15) is 4.31 Å². The molecule has 2 fully saturated rings. The van der Waals surface area contributed by atoms with E-state index in [4.69, 9.17) is 0 Å². The van der Waals surface area contributed by atoms with Crippen LogP contribution in [0.25, 0.3) is 0 Å². The van der Waals surface area contributed by atoms with Crippen molar-refractivity contribution < 1.29 is 13.4 Å². The molecule has 2 saturated heterocycles. The molecule has 0 bridgehead atoms. The summed E-state index contributed by atoms with van der Waals surface area (Å²) in [6, 6.07) is 0.206. The molecule has 8 nitrogen and oxygen atoms in total. The van der Waals surface area contributed by atoms with Crippen LogP contribution in [0.2, 0.25) is 6.82 Å². The Morgan fingerprint density at radius 3 is 2.79 bits per heavy atom. The Balaban J connectivity index is 1.80. The summed E-state index contributed by atoms with van der Waals surface area (Å²) >= 11 is 0. The fourth-order valence-electron chi connectivity index (χ4n) is 3.78. The molecule has 3 atom stereocenters. The van der Waals surface area contributed by atoms with Crippen LogP contribution in [-0.4, -0.2) is 66.1 Å². The van der Waals surface area contributed by atoms with Crippen molar-refractivity contribution in [2.75, 3.05) is 19.6 Å². The molecule has 1 unspecified atom stereocenters.